The Balaban J connectivity index is 1.69. The lowest BCUT2D eigenvalue weighted by Crippen LogP contribution is -2.60. The number of amides is 3. The van der Waals surface area contributed by atoms with E-state index in [1.54, 1.807) is 35.2 Å². The van der Waals surface area contributed by atoms with Crippen molar-refractivity contribution in [2.75, 3.05) is 46.9 Å². The van der Waals surface area contributed by atoms with Gasteiger partial charge in [-0.3, -0.25) is 9.89 Å². The number of piperazine rings is 1. The highest BCUT2D eigenvalue weighted by Crippen LogP contribution is 2.54. The predicted octanol–water partition coefficient (Wildman–Crippen LogP) is 6.72. The Hall–Kier alpha value is -3.93. The summed E-state index contributed by atoms with van der Waals surface area (Å²) in [6, 6.07) is 14.7. The van der Waals surface area contributed by atoms with Gasteiger partial charge in [-0.25, -0.2) is 14.6 Å². The molecule has 2 aromatic carbocycles. The first kappa shape index (κ1) is 35.4. The molecule has 3 amide bonds. The summed E-state index contributed by atoms with van der Waals surface area (Å²) in [4.78, 5) is 52.6. The summed E-state index contributed by atoms with van der Waals surface area (Å²) in [5.74, 6) is 1.32. The number of benzene rings is 2. The molecule has 3 heterocycles. The second-order valence-electron chi connectivity index (χ2n) is 13.5. The summed E-state index contributed by atoms with van der Waals surface area (Å²) in [5.41, 5.74) is -0.287. The number of aliphatic imine (C=N–C) groups is 1. The van der Waals surface area contributed by atoms with Crippen molar-refractivity contribution in [1.82, 2.24) is 29.7 Å². The lowest BCUT2D eigenvalue weighted by atomic mass is 9.71. The molecule has 256 valence electrons. The molecular weight excluding hydrogens is 653 g/mol. The average molecular weight is 697 g/mol. The smallest absolute Gasteiger partial charge is 0.428 e. The number of rotatable bonds is 6. The molecule has 5 rings (SSSR count). The summed E-state index contributed by atoms with van der Waals surface area (Å²) < 4.78 is 6.13. The van der Waals surface area contributed by atoms with Gasteiger partial charge < -0.3 is 19.4 Å². The van der Waals surface area contributed by atoms with Crippen LogP contribution < -0.4 is 4.74 Å². The molecule has 0 N–H and O–H groups in total. The highest BCUT2D eigenvalue weighted by Gasteiger charge is 2.60. The topological polar surface area (TPSA) is 104 Å². The third kappa shape index (κ3) is 6.55. The molecule has 3 aromatic rings. The van der Waals surface area contributed by atoms with Gasteiger partial charge in [-0.15, -0.1) is 5.06 Å². The minimum Gasteiger partial charge on any atom is -0.477 e. The zero-order valence-electron chi connectivity index (χ0n) is 28.8. The zero-order chi connectivity index (χ0) is 35.0. The quantitative estimate of drug-likeness (QED) is 0.282. The first-order valence-electron chi connectivity index (χ1n) is 16.0. The molecule has 13 heteroatoms. The van der Waals surface area contributed by atoms with Gasteiger partial charge >= 0.3 is 12.1 Å². The Labute approximate surface area is 292 Å². The number of hydrogen-bond acceptors (Lipinski definition) is 8. The number of ether oxygens (including phenoxy) is 1. The van der Waals surface area contributed by atoms with Crippen molar-refractivity contribution < 1.29 is 19.2 Å². The van der Waals surface area contributed by atoms with Gasteiger partial charge in [0.05, 0.1) is 25.3 Å². The SMILES string of the molecule is CCOc1nc(C(C)(C)C)ncc1C1=NC(C)(c2ccc(Cl)cc2)C(C)(c2ccc(Cl)cc2)N1C(=O)N1CCN(OC(=O)N(C)C)CC1. The van der Waals surface area contributed by atoms with Crippen LogP contribution >= 0.6 is 23.2 Å². The van der Waals surface area contributed by atoms with E-state index in [1.807, 2.05) is 90.1 Å². The van der Waals surface area contributed by atoms with Crippen LogP contribution in [0.25, 0.3) is 0 Å². The molecule has 1 aromatic heterocycles. The number of nitrogens with zero attached hydrogens (tertiary/aromatic N) is 7. The van der Waals surface area contributed by atoms with Gasteiger partial charge in [0.25, 0.3) is 0 Å². The Morgan fingerprint density at radius 3 is 2.00 bits per heavy atom. The molecule has 0 spiro atoms. The monoisotopic (exact) mass is 695 g/mol. The predicted molar refractivity (Wildman–Crippen MR) is 187 cm³/mol. The van der Waals surface area contributed by atoms with Crippen molar-refractivity contribution in [3.05, 3.63) is 87.3 Å². The maximum Gasteiger partial charge on any atom is 0.428 e. The molecule has 2 aliphatic heterocycles. The van der Waals surface area contributed by atoms with Crippen molar-refractivity contribution in [2.24, 2.45) is 4.99 Å². The number of urea groups is 1. The standard InChI is InChI=1S/C35H43Cl2N7O4/c1-9-47-29-27(22-38-30(39-29)33(2,3)4)28-40-34(5,23-10-14-25(36)15-11-23)35(6,24-12-16-26(37)17-13-24)44(28)31(45)42-18-20-43(21-19-42)48-32(46)41(7)8/h10-17,22H,9,18-21H2,1-8H3. The molecule has 2 unspecified atom stereocenters. The number of carbonyl (C=O) groups is 2. The normalized spacial score (nSPS) is 21.6. The molecule has 0 saturated carbocycles. The maximum atomic E-state index is 15.1. The first-order valence-corrected chi connectivity index (χ1v) is 16.7. The van der Waals surface area contributed by atoms with E-state index in [-0.39, 0.29) is 11.4 Å². The van der Waals surface area contributed by atoms with Gasteiger partial charge in [0.1, 0.15) is 22.7 Å². The largest absolute Gasteiger partial charge is 0.477 e. The second kappa shape index (κ2) is 13.5. The van der Waals surface area contributed by atoms with Crippen LogP contribution in [0.3, 0.4) is 0 Å². The fourth-order valence-electron chi connectivity index (χ4n) is 6.00. The molecular formula is C35H43Cl2N7O4. The summed E-state index contributed by atoms with van der Waals surface area (Å²) in [6.07, 6.45) is 1.23. The van der Waals surface area contributed by atoms with Gasteiger partial charge in [-0.1, -0.05) is 68.2 Å². The Morgan fingerprint density at radius 2 is 1.48 bits per heavy atom. The van der Waals surface area contributed by atoms with Crippen molar-refractivity contribution in [3.63, 3.8) is 0 Å². The fraction of sp³-hybridized carbons (Fsp3) is 0.457. The molecule has 11 nitrogen and oxygen atoms in total. The highest BCUT2D eigenvalue weighted by atomic mass is 35.5. The van der Waals surface area contributed by atoms with Crippen molar-refractivity contribution >= 4 is 41.2 Å². The van der Waals surface area contributed by atoms with E-state index in [4.69, 9.17) is 47.7 Å². The lowest BCUT2D eigenvalue weighted by Gasteiger charge is -2.47. The third-order valence-corrected chi connectivity index (χ3v) is 9.47. The van der Waals surface area contributed by atoms with Crippen LogP contribution in [-0.4, -0.2) is 94.6 Å². The fourth-order valence-corrected chi connectivity index (χ4v) is 6.25. The van der Waals surface area contributed by atoms with Crippen LogP contribution in [0.5, 0.6) is 5.88 Å². The van der Waals surface area contributed by atoms with Crippen LogP contribution in [0, 0.1) is 0 Å². The summed E-state index contributed by atoms with van der Waals surface area (Å²) >= 11 is 12.7. The third-order valence-electron chi connectivity index (χ3n) is 8.97. The van der Waals surface area contributed by atoms with Gasteiger partial charge in [0.2, 0.25) is 5.88 Å². The van der Waals surface area contributed by atoms with Crippen LogP contribution in [0.4, 0.5) is 9.59 Å². The van der Waals surface area contributed by atoms with E-state index < -0.39 is 17.2 Å². The molecule has 0 radical (unpaired) electrons. The molecule has 1 saturated heterocycles. The maximum absolute atomic E-state index is 15.1. The van der Waals surface area contributed by atoms with Crippen molar-refractivity contribution in [3.8, 4) is 5.88 Å². The van der Waals surface area contributed by atoms with E-state index in [0.717, 1.165) is 11.1 Å². The van der Waals surface area contributed by atoms with Gasteiger partial charge in [0, 0.05) is 48.8 Å². The first-order chi connectivity index (χ1) is 22.6. The number of amidine groups is 1. The molecule has 1 fully saturated rings. The molecule has 0 bridgehead atoms. The number of aromatic nitrogens is 2. The van der Waals surface area contributed by atoms with Crippen LogP contribution in [0.2, 0.25) is 10.0 Å². The van der Waals surface area contributed by atoms with Crippen LogP contribution in [0.15, 0.2) is 59.7 Å². The van der Waals surface area contributed by atoms with Crippen molar-refractivity contribution in [2.45, 2.75) is 58.0 Å². The summed E-state index contributed by atoms with van der Waals surface area (Å²) in [7, 11) is 3.25. The Bertz CT molecular complexity index is 1690. The van der Waals surface area contributed by atoms with Crippen LogP contribution in [0.1, 0.15) is 64.1 Å². The van der Waals surface area contributed by atoms with Crippen molar-refractivity contribution in [1.29, 1.82) is 0 Å². The molecule has 48 heavy (non-hydrogen) atoms. The van der Waals surface area contributed by atoms with Gasteiger partial charge in [-0.05, 0) is 56.2 Å². The summed E-state index contributed by atoms with van der Waals surface area (Å²) in [6.45, 7) is 13.7. The Morgan fingerprint density at radius 1 is 0.917 bits per heavy atom. The molecule has 2 atom stereocenters. The minimum atomic E-state index is -1.08. The minimum absolute atomic E-state index is 0.273. The van der Waals surface area contributed by atoms with E-state index in [2.05, 4.69) is 0 Å². The van der Waals surface area contributed by atoms with E-state index in [9.17, 15) is 4.79 Å². The van der Waals surface area contributed by atoms with E-state index >= 15 is 4.79 Å². The lowest BCUT2D eigenvalue weighted by molar-refractivity contribution is -0.126. The van der Waals surface area contributed by atoms with Crippen LogP contribution in [-0.2, 0) is 21.3 Å². The number of hydroxylamine groups is 2. The second-order valence-corrected chi connectivity index (χ2v) is 14.3. The van der Waals surface area contributed by atoms with Gasteiger partial charge in [-0.2, -0.15) is 4.98 Å². The van der Waals surface area contributed by atoms with Gasteiger partial charge in [0.15, 0.2) is 0 Å². The number of halogens is 2. The Kier molecular flexibility index (Phi) is 9.97. The number of carbonyl (C=O) groups excluding carboxylic acids is 2. The van der Waals surface area contributed by atoms with E-state index in [1.165, 1.54) is 4.90 Å². The highest BCUT2D eigenvalue weighted by molar-refractivity contribution is 6.30. The molecule has 0 aliphatic carbocycles. The van der Waals surface area contributed by atoms with E-state index in [0.29, 0.717) is 65.9 Å². The summed E-state index contributed by atoms with van der Waals surface area (Å²) in [5, 5.41) is 2.73. The number of hydrogen-bond donors (Lipinski definition) is 0. The average Bonchev–Trinajstić information content (AvgIpc) is 3.29. The molecule has 2 aliphatic rings. The zero-order valence-corrected chi connectivity index (χ0v) is 30.3.